The van der Waals surface area contributed by atoms with E-state index in [2.05, 4.69) is 93.3 Å². The molecule has 2 fully saturated rings. The van der Waals surface area contributed by atoms with Crippen molar-refractivity contribution in [3.05, 3.63) is 29.3 Å². The van der Waals surface area contributed by atoms with Gasteiger partial charge in [-0.15, -0.1) is 0 Å². The van der Waals surface area contributed by atoms with Crippen molar-refractivity contribution in [3.63, 3.8) is 0 Å². The maximum atomic E-state index is 6.58. The third kappa shape index (κ3) is 13.9. The van der Waals surface area contributed by atoms with Gasteiger partial charge in [0.1, 0.15) is 12.4 Å². The van der Waals surface area contributed by atoms with Gasteiger partial charge in [-0.3, -0.25) is 0 Å². The summed E-state index contributed by atoms with van der Waals surface area (Å²) in [4.78, 5) is 2.44. The third-order valence-electron chi connectivity index (χ3n) is 12.3. The highest BCUT2D eigenvalue weighted by atomic mass is 33.1. The molecule has 0 aliphatic heterocycles. The van der Waals surface area contributed by atoms with Crippen molar-refractivity contribution in [2.24, 2.45) is 23.2 Å². The molecule has 5 atom stereocenters. The lowest BCUT2D eigenvalue weighted by atomic mass is 9.55. The van der Waals surface area contributed by atoms with Gasteiger partial charge in [0.15, 0.2) is 0 Å². The van der Waals surface area contributed by atoms with E-state index < -0.39 is 0 Å². The van der Waals surface area contributed by atoms with Crippen LogP contribution in [-0.2, 0) is 25.4 Å². The summed E-state index contributed by atoms with van der Waals surface area (Å²) in [6, 6.07) is 7.05. The van der Waals surface area contributed by atoms with Gasteiger partial charge in [-0.1, -0.05) is 53.8 Å². The molecule has 1 aromatic rings. The number of likely N-dealkylation sites (N-methyl/N-ethyl adjacent to an activating group) is 1. The zero-order valence-corrected chi connectivity index (χ0v) is 36.4. The molecule has 0 spiro atoms. The van der Waals surface area contributed by atoms with E-state index in [1.807, 2.05) is 0 Å². The van der Waals surface area contributed by atoms with Crippen molar-refractivity contribution in [2.45, 2.75) is 147 Å². The van der Waals surface area contributed by atoms with Gasteiger partial charge in [-0.25, -0.2) is 0 Å². The van der Waals surface area contributed by atoms with Crippen LogP contribution in [0.1, 0.15) is 136 Å². The number of nitrogens with zero attached hydrogens (tertiary/aromatic N) is 1. The van der Waals surface area contributed by atoms with Crippen molar-refractivity contribution in [3.8, 4) is 5.75 Å². The lowest BCUT2D eigenvalue weighted by Crippen LogP contribution is -2.44. The van der Waals surface area contributed by atoms with E-state index in [4.69, 9.17) is 23.7 Å². The summed E-state index contributed by atoms with van der Waals surface area (Å²) in [6.45, 7) is 19.7. The maximum absolute atomic E-state index is 6.58. The van der Waals surface area contributed by atoms with Gasteiger partial charge in [0.05, 0.1) is 24.9 Å². The molecular weight excluding hydrogens is 687 g/mol. The normalized spacial score (nSPS) is 24.7. The fourth-order valence-corrected chi connectivity index (χ4v) is 12.0. The Kier molecular flexibility index (Phi) is 18.5. The second-order valence-electron chi connectivity index (χ2n) is 18.1. The summed E-state index contributed by atoms with van der Waals surface area (Å²) >= 11 is 0. The van der Waals surface area contributed by atoms with Crippen LogP contribution in [0.4, 0.5) is 0 Å². The van der Waals surface area contributed by atoms with Crippen molar-refractivity contribution in [1.29, 1.82) is 0 Å². The molecule has 2 saturated carbocycles. The SMILES string of the molecule is COCC(CCCCCCSSC(C)(C)CCN(C)CCOc1ccc2c(c1)CCC1C2CCC2(C)C(OCCCOC(C)(C)C)CCC12)COC. The van der Waals surface area contributed by atoms with Gasteiger partial charge < -0.3 is 28.6 Å². The molecule has 8 heteroatoms. The van der Waals surface area contributed by atoms with Crippen LogP contribution in [0, 0.1) is 23.2 Å². The van der Waals surface area contributed by atoms with E-state index in [1.54, 1.807) is 19.8 Å². The Morgan fingerprint density at radius 2 is 1.65 bits per heavy atom. The Hall–Kier alpha value is -0.480. The minimum atomic E-state index is -0.0686. The van der Waals surface area contributed by atoms with E-state index >= 15 is 0 Å². The molecule has 0 N–H and O–H groups in total. The largest absolute Gasteiger partial charge is 0.492 e. The topological polar surface area (TPSA) is 49.4 Å². The minimum absolute atomic E-state index is 0.0686. The fourth-order valence-electron chi connectivity index (χ4n) is 9.30. The van der Waals surface area contributed by atoms with E-state index in [1.165, 1.54) is 88.4 Å². The second-order valence-corrected chi connectivity index (χ2v) is 21.2. The quantitative estimate of drug-likeness (QED) is 0.0721. The van der Waals surface area contributed by atoms with Gasteiger partial charge in [-0.2, -0.15) is 0 Å². The number of benzene rings is 1. The van der Waals surface area contributed by atoms with Crippen molar-refractivity contribution >= 4 is 21.6 Å². The van der Waals surface area contributed by atoms with Gasteiger partial charge in [-0.05, 0) is 159 Å². The average Bonchev–Trinajstić information content (AvgIpc) is 3.43. The molecule has 3 aliphatic rings. The van der Waals surface area contributed by atoms with Crippen LogP contribution >= 0.6 is 21.6 Å². The number of aryl methyl sites for hydroxylation is 1. The first-order chi connectivity index (χ1) is 24.8. The van der Waals surface area contributed by atoms with Gasteiger partial charge in [0.25, 0.3) is 0 Å². The zero-order chi connectivity index (χ0) is 37.6. The summed E-state index contributed by atoms with van der Waals surface area (Å²) < 4.78 is 29.8. The van der Waals surface area contributed by atoms with Gasteiger partial charge in [0, 0.05) is 50.4 Å². The Morgan fingerprint density at radius 1 is 0.885 bits per heavy atom. The number of rotatable bonds is 25. The number of hydrogen-bond acceptors (Lipinski definition) is 8. The van der Waals surface area contributed by atoms with Crippen LogP contribution in [0.25, 0.3) is 0 Å². The van der Waals surface area contributed by atoms with Gasteiger partial charge >= 0.3 is 0 Å². The molecule has 3 aliphatic carbocycles. The van der Waals surface area contributed by atoms with Crippen molar-refractivity contribution in [2.75, 3.05) is 73.1 Å². The molecule has 0 radical (unpaired) electrons. The highest BCUT2D eigenvalue weighted by Crippen LogP contribution is 2.61. The minimum Gasteiger partial charge on any atom is -0.492 e. The molecule has 0 amide bonds. The molecule has 6 nitrogen and oxygen atoms in total. The third-order valence-corrected chi connectivity index (χ3v) is 15.7. The van der Waals surface area contributed by atoms with E-state index in [9.17, 15) is 0 Å². The first kappa shape index (κ1) is 44.2. The molecule has 0 saturated heterocycles. The van der Waals surface area contributed by atoms with Crippen molar-refractivity contribution in [1.82, 2.24) is 4.90 Å². The Labute approximate surface area is 327 Å². The number of fused-ring (bicyclic) bond motifs is 5. The molecule has 4 rings (SSSR count). The molecule has 0 aromatic heterocycles. The van der Waals surface area contributed by atoms with Crippen LogP contribution in [-0.4, -0.2) is 94.5 Å². The molecule has 0 bridgehead atoms. The van der Waals surface area contributed by atoms with E-state index in [-0.39, 0.29) is 10.3 Å². The maximum Gasteiger partial charge on any atom is 0.119 e. The predicted molar refractivity (Wildman–Crippen MR) is 223 cm³/mol. The first-order valence-electron chi connectivity index (χ1n) is 20.8. The summed E-state index contributed by atoms with van der Waals surface area (Å²) in [6.07, 6.45) is 16.6. The molecule has 5 unspecified atom stereocenters. The Morgan fingerprint density at radius 3 is 2.40 bits per heavy atom. The molecular formula is C44H77NO5S2. The lowest BCUT2D eigenvalue weighted by Gasteiger charge is -2.50. The summed E-state index contributed by atoms with van der Waals surface area (Å²) in [5.74, 6) is 5.10. The van der Waals surface area contributed by atoms with Gasteiger partial charge in [0.2, 0.25) is 0 Å². The fraction of sp³-hybridized carbons (Fsp3) is 0.864. The van der Waals surface area contributed by atoms with Crippen LogP contribution in [0.2, 0.25) is 0 Å². The lowest BCUT2D eigenvalue weighted by molar-refractivity contribution is -0.0737. The second kappa shape index (κ2) is 21.7. The van der Waals surface area contributed by atoms with E-state index in [0.29, 0.717) is 23.4 Å². The monoisotopic (exact) mass is 764 g/mol. The summed E-state index contributed by atoms with van der Waals surface area (Å²) in [5, 5.41) is 0. The standard InChI is InChI=1S/C44H77NO5S2/c1-42(2,3)50-28-14-27-49-41-21-20-40-39-18-16-35-31-36(17-19-37(35)38(39)22-23-44(40,41)6)48-29-26-45(7)25-24-43(4,5)52-51-30-13-11-10-12-15-34(32-46-8)33-47-9/h17,19,31,34,38-41H,10-16,18,20-30,32-33H2,1-9H3. The zero-order valence-electron chi connectivity index (χ0n) is 34.8. The predicted octanol–water partition coefficient (Wildman–Crippen LogP) is 10.9. The Balaban J connectivity index is 1.10. The Bertz CT molecular complexity index is 1150. The highest BCUT2D eigenvalue weighted by molar-refractivity contribution is 8.77. The molecule has 52 heavy (non-hydrogen) atoms. The van der Waals surface area contributed by atoms with Crippen LogP contribution in [0.5, 0.6) is 5.75 Å². The van der Waals surface area contributed by atoms with Crippen LogP contribution in [0.15, 0.2) is 18.2 Å². The van der Waals surface area contributed by atoms with Crippen LogP contribution in [0.3, 0.4) is 0 Å². The number of ether oxygens (including phenoxy) is 5. The molecule has 300 valence electrons. The first-order valence-corrected chi connectivity index (χ1v) is 23.2. The summed E-state index contributed by atoms with van der Waals surface area (Å²) in [7, 11) is 9.94. The number of hydrogen-bond donors (Lipinski definition) is 0. The number of methoxy groups -OCH3 is 2. The van der Waals surface area contributed by atoms with E-state index in [0.717, 1.165) is 70.1 Å². The highest BCUT2D eigenvalue weighted by Gasteiger charge is 2.55. The average molecular weight is 764 g/mol. The molecule has 0 heterocycles. The van der Waals surface area contributed by atoms with Crippen LogP contribution < -0.4 is 4.74 Å². The number of unbranched alkanes of at least 4 members (excludes halogenated alkanes) is 3. The molecule has 1 aromatic carbocycles. The van der Waals surface area contributed by atoms with Crippen molar-refractivity contribution < 1.29 is 23.7 Å². The summed E-state index contributed by atoms with van der Waals surface area (Å²) in [5.41, 5.74) is 3.40. The smallest absolute Gasteiger partial charge is 0.119 e.